The maximum atomic E-state index is 11.3. The van der Waals surface area contributed by atoms with Gasteiger partial charge in [-0.1, -0.05) is 13.8 Å². The summed E-state index contributed by atoms with van der Waals surface area (Å²) in [6.07, 6.45) is 0.0797. The van der Waals surface area contributed by atoms with E-state index in [-0.39, 0.29) is 12.8 Å². The molecule has 84 valence electrons. The van der Waals surface area contributed by atoms with Gasteiger partial charge in [-0.3, -0.25) is 19.2 Å². The van der Waals surface area contributed by atoms with Gasteiger partial charge in [0.2, 0.25) is 0 Å². The van der Waals surface area contributed by atoms with Gasteiger partial charge < -0.3 is 4.74 Å². The zero-order valence-electron chi connectivity index (χ0n) is 9.03. The van der Waals surface area contributed by atoms with E-state index in [1.54, 1.807) is 0 Å². The summed E-state index contributed by atoms with van der Waals surface area (Å²) < 4.78 is 4.33. The number of esters is 2. The van der Waals surface area contributed by atoms with E-state index in [0.29, 0.717) is 0 Å². The van der Waals surface area contributed by atoms with Crippen LogP contribution in [-0.2, 0) is 23.9 Å². The minimum Gasteiger partial charge on any atom is -0.392 e. The molecule has 0 aromatic carbocycles. The molecule has 5 heteroatoms. The highest BCUT2D eigenvalue weighted by Crippen LogP contribution is 2.07. The van der Waals surface area contributed by atoms with Crippen LogP contribution in [0.4, 0.5) is 0 Å². The van der Waals surface area contributed by atoms with Crippen molar-refractivity contribution in [2.24, 2.45) is 5.92 Å². The lowest BCUT2D eigenvalue weighted by atomic mass is 9.98. The van der Waals surface area contributed by atoms with Gasteiger partial charge in [0.25, 0.3) is 0 Å². The highest BCUT2D eigenvalue weighted by molar-refractivity contribution is 6.17. The molecule has 0 aliphatic carbocycles. The molecule has 0 saturated carbocycles. The van der Waals surface area contributed by atoms with Crippen LogP contribution in [0.15, 0.2) is 0 Å². The Morgan fingerprint density at radius 2 is 1.60 bits per heavy atom. The van der Waals surface area contributed by atoms with Crippen LogP contribution in [0, 0.1) is 5.92 Å². The maximum absolute atomic E-state index is 11.3. The Balaban J connectivity index is 4.64. The van der Waals surface area contributed by atoms with E-state index >= 15 is 0 Å². The van der Waals surface area contributed by atoms with Crippen LogP contribution in [-0.4, -0.2) is 23.5 Å². The molecule has 0 aliphatic heterocycles. The van der Waals surface area contributed by atoms with E-state index < -0.39 is 29.4 Å². The Morgan fingerprint density at radius 1 is 1.07 bits per heavy atom. The third kappa shape index (κ3) is 4.01. The average Bonchev–Trinajstić information content (AvgIpc) is 2.16. The van der Waals surface area contributed by atoms with E-state index in [1.807, 2.05) is 0 Å². The maximum Gasteiger partial charge on any atom is 0.331 e. The second-order valence-electron chi connectivity index (χ2n) is 3.01. The topological polar surface area (TPSA) is 77.5 Å². The first-order valence-corrected chi connectivity index (χ1v) is 4.71. The quantitative estimate of drug-likeness (QED) is 0.496. The standard InChI is InChI=1S/C10H14O5/c1-4-7(12)9(6(3)11)10(14)15-8(13)5-2/h9H,4-5H2,1-3H3. The van der Waals surface area contributed by atoms with Crippen LogP contribution >= 0.6 is 0 Å². The molecular formula is C10H14O5. The number of Topliss-reactive ketones (excluding diaryl/α,β-unsaturated/α-hetero) is 2. The molecule has 0 saturated heterocycles. The van der Waals surface area contributed by atoms with Crippen LogP contribution < -0.4 is 0 Å². The molecule has 0 heterocycles. The summed E-state index contributed by atoms with van der Waals surface area (Å²) in [6, 6.07) is 0. The zero-order chi connectivity index (χ0) is 12.0. The summed E-state index contributed by atoms with van der Waals surface area (Å²) in [5.41, 5.74) is 0. The van der Waals surface area contributed by atoms with Crippen molar-refractivity contribution in [1.82, 2.24) is 0 Å². The van der Waals surface area contributed by atoms with Crippen LogP contribution in [0.25, 0.3) is 0 Å². The van der Waals surface area contributed by atoms with Crippen molar-refractivity contribution in [1.29, 1.82) is 0 Å². The van der Waals surface area contributed by atoms with Crippen LogP contribution in [0.2, 0.25) is 0 Å². The zero-order valence-corrected chi connectivity index (χ0v) is 9.03. The summed E-state index contributed by atoms with van der Waals surface area (Å²) in [6.45, 7) is 4.17. The van der Waals surface area contributed by atoms with E-state index in [4.69, 9.17) is 0 Å². The van der Waals surface area contributed by atoms with Crippen molar-refractivity contribution in [2.45, 2.75) is 33.6 Å². The molecule has 0 aromatic heterocycles. The molecule has 15 heavy (non-hydrogen) atoms. The number of carbonyl (C=O) groups excluding carboxylic acids is 4. The van der Waals surface area contributed by atoms with Gasteiger partial charge in [-0.25, -0.2) is 0 Å². The predicted molar refractivity (Wildman–Crippen MR) is 50.9 cm³/mol. The first-order valence-electron chi connectivity index (χ1n) is 4.71. The van der Waals surface area contributed by atoms with Gasteiger partial charge in [-0.05, 0) is 6.92 Å². The van der Waals surface area contributed by atoms with Gasteiger partial charge >= 0.3 is 11.9 Å². The molecule has 1 atom stereocenters. The molecule has 0 N–H and O–H groups in total. The molecule has 0 amide bonds. The van der Waals surface area contributed by atoms with Crippen molar-refractivity contribution in [2.75, 3.05) is 0 Å². The minimum atomic E-state index is -1.45. The highest BCUT2D eigenvalue weighted by atomic mass is 16.6. The molecular weight excluding hydrogens is 200 g/mol. The fourth-order valence-corrected chi connectivity index (χ4v) is 0.972. The molecule has 0 fully saturated rings. The fraction of sp³-hybridized carbons (Fsp3) is 0.600. The van der Waals surface area contributed by atoms with Crippen molar-refractivity contribution in [3.05, 3.63) is 0 Å². The molecule has 0 aliphatic rings. The Kier molecular flexibility index (Phi) is 5.44. The van der Waals surface area contributed by atoms with Gasteiger partial charge in [-0.2, -0.15) is 0 Å². The lowest BCUT2D eigenvalue weighted by Crippen LogP contribution is -2.32. The third-order valence-electron chi connectivity index (χ3n) is 1.82. The molecule has 0 rings (SSSR count). The Hall–Kier alpha value is -1.52. The smallest absolute Gasteiger partial charge is 0.331 e. The number of hydrogen-bond acceptors (Lipinski definition) is 5. The number of ether oxygens (including phenoxy) is 1. The number of rotatable bonds is 5. The molecule has 5 nitrogen and oxygen atoms in total. The van der Waals surface area contributed by atoms with E-state index in [9.17, 15) is 19.2 Å². The highest BCUT2D eigenvalue weighted by Gasteiger charge is 2.32. The molecule has 0 aromatic rings. The number of ketones is 2. The van der Waals surface area contributed by atoms with Gasteiger partial charge in [0.1, 0.15) is 0 Å². The molecule has 0 spiro atoms. The minimum absolute atomic E-state index is 0.0245. The fourth-order valence-electron chi connectivity index (χ4n) is 0.972. The van der Waals surface area contributed by atoms with Gasteiger partial charge in [0.15, 0.2) is 17.5 Å². The number of hydrogen-bond donors (Lipinski definition) is 0. The predicted octanol–water partition coefficient (Wildman–Crippen LogP) is 0.650. The van der Waals surface area contributed by atoms with Crippen molar-refractivity contribution >= 4 is 23.5 Å². The molecule has 0 radical (unpaired) electrons. The average molecular weight is 214 g/mol. The van der Waals surface area contributed by atoms with Crippen LogP contribution in [0.3, 0.4) is 0 Å². The first kappa shape index (κ1) is 13.5. The second-order valence-corrected chi connectivity index (χ2v) is 3.01. The van der Waals surface area contributed by atoms with Crippen molar-refractivity contribution < 1.29 is 23.9 Å². The van der Waals surface area contributed by atoms with Gasteiger partial charge in [0, 0.05) is 12.8 Å². The lowest BCUT2D eigenvalue weighted by Gasteiger charge is -2.09. The Morgan fingerprint density at radius 3 is 1.93 bits per heavy atom. The SMILES string of the molecule is CCC(=O)OC(=O)C(C(C)=O)C(=O)CC. The Bertz CT molecular complexity index is 292. The van der Waals surface area contributed by atoms with Gasteiger partial charge in [0.05, 0.1) is 0 Å². The summed E-state index contributed by atoms with van der Waals surface area (Å²) in [7, 11) is 0. The normalized spacial score (nSPS) is 11.7. The third-order valence-corrected chi connectivity index (χ3v) is 1.82. The van der Waals surface area contributed by atoms with Gasteiger partial charge in [-0.15, -0.1) is 0 Å². The molecule has 0 bridgehead atoms. The van der Waals surface area contributed by atoms with E-state index in [2.05, 4.69) is 4.74 Å². The van der Waals surface area contributed by atoms with Crippen molar-refractivity contribution in [3.8, 4) is 0 Å². The summed E-state index contributed by atoms with van der Waals surface area (Å²) in [4.78, 5) is 44.3. The summed E-state index contributed by atoms with van der Waals surface area (Å²) >= 11 is 0. The van der Waals surface area contributed by atoms with E-state index in [0.717, 1.165) is 6.92 Å². The molecule has 1 unspecified atom stereocenters. The lowest BCUT2D eigenvalue weighted by molar-refractivity contribution is -0.164. The largest absolute Gasteiger partial charge is 0.392 e. The number of carbonyl (C=O) groups is 4. The summed E-state index contributed by atoms with van der Waals surface area (Å²) in [5, 5.41) is 0. The summed E-state index contributed by atoms with van der Waals surface area (Å²) in [5.74, 6) is -4.39. The monoisotopic (exact) mass is 214 g/mol. The second kappa shape index (κ2) is 6.06. The Labute approximate surface area is 87.8 Å². The van der Waals surface area contributed by atoms with Crippen LogP contribution in [0.5, 0.6) is 0 Å². The van der Waals surface area contributed by atoms with E-state index in [1.165, 1.54) is 13.8 Å². The van der Waals surface area contributed by atoms with Crippen LogP contribution in [0.1, 0.15) is 33.6 Å². The first-order chi connectivity index (χ1) is 6.93. The van der Waals surface area contributed by atoms with Crippen molar-refractivity contribution in [3.63, 3.8) is 0 Å².